The van der Waals surface area contributed by atoms with Gasteiger partial charge in [-0.05, 0) is 37.2 Å². The zero-order valence-electron chi connectivity index (χ0n) is 14.1. The summed E-state index contributed by atoms with van der Waals surface area (Å²) in [6.07, 6.45) is 1.21. The minimum atomic E-state index is -0.000708. The van der Waals surface area contributed by atoms with Crippen molar-refractivity contribution in [2.24, 2.45) is 0 Å². The van der Waals surface area contributed by atoms with E-state index < -0.39 is 0 Å². The number of nitrogens with zero attached hydrogens (tertiary/aromatic N) is 2. The van der Waals surface area contributed by atoms with Crippen LogP contribution in [-0.2, 0) is 16.0 Å². The minimum Gasteiger partial charge on any atom is -0.349 e. The van der Waals surface area contributed by atoms with Crippen LogP contribution < -0.4 is 5.32 Å². The van der Waals surface area contributed by atoms with Crippen LogP contribution in [0.3, 0.4) is 0 Å². The second-order valence-electron chi connectivity index (χ2n) is 5.49. The average molecular weight is 305 g/mol. The number of benzene rings is 1. The molecule has 22 heavy (non-hydrogen) atoms. The van der Waals surface area contributed by atoms with E-state index in [1.807, 2.05) is 38.1 Å². The number of likely N-dealkylation sites (N-methyl/N-ethyl adjacent to an activating group) is 1. The zero-order valence-corrected chi connectivity index (χ0v) is 14.1. The maximum atomic E-state index is 11.9. The highest BCUT2D eigenvalue weighted by atomic mass is 16.2. The van der Waals surface area contributed by atoms with Crippen LogP contribution in [0.25, 0.3) is 0 Å². The molecule has 0 fully saturated rings. The van der Waals surface area contributed by atoms with Crippen molar-refractivity contribution in [1.29, 1.82) is 0 Å². The predicted molar refractivity (Wildman–Crippen MR) is 89.9 cm³/mol. The summed E-state index contributed by atoms with van der Waals surface area (Å²) in [5.74, 6) is 0.121. The summed E-state index contributed by atoms with van der Waals surface area (Å²) in [6.45, 7) is 6.22. The SMILES string of the molecule is CCN(CC)CC(=O)Nc1ccc(CCC(=O)N(C)C)cc1. The lowest BCUT2D eigenvalue weighted by molar-refractivity contribution is -0.128. The van der Waals surface area contributed by atoms with Crippen molar-refractivity contribution < 1.29 is 9.59 Å². The van der Waals surface area contributed by atoms with E-state index in [9.17, 15) is 9.59 Å². The maximum absolute atomic E-state index is 11.9. The van der Waals surface area contributed by atoms with Gasteiger partial charge >= 0.3 is 0 Å². The Bertz CT molecular complexity index is 479. The highest BCUT2D eigenvalue weighted by molar-refractivity contribution is 5.92. The van der Waals surface area contributed by atoms with Crippen LogP contribution in [0.1, 0.15) is 25.8 Å². The topological polar surface area (TPSA) is 52.7 Å². The van der Waals surface area contributed by atoms with E-state index >= 15 is 0 Å². The molecule has 1 aromatic carbocycles. The van der Waals surface area contributed by atoms with Crippen molar-refractivity contribution in [3.05, 3.63) is 29.8 Å². The van der Waals surface area contributed by atoms with Gasteiger partial charge in [-0.25, -0.2) is 0 Å². The number of hydrogen-bond acceptors (Lipinski definition) is 3. The molecule has 0 spiro atoms. The van der Waals surface area contributed by atoms with Crippen molar-refractivity contribution >= 4 is 17.5 Å². The number of anilines is 1. The van der Waals surface area contributed by atoms with Crippen molar-refractivity contribution in [2.45, 2.75) is 26.7 Å². The normalized spacial score (nSPS) is 10.6. The van der Waals surface area contributed by atoms with Gasteiger partial charge in [0.25, 0.3) is 0 Å². The van der Waals surface area contributed by atoms with Gasteiger partial charge in [-0.1, -0.05) is 26.0 Å². The summed E-state index contributed by atoms with van der Waals surface area (Å²) in [7, 11) is 3.52. The Balaban J connectivity index is 2.47. The standard InChI is InChI=1S/C17H27N3O2/c1-5-20(6-2)13-16(21)18-15-10-7-14(8-11-15)9-12-17(22)19(3)4/h7-8,10-11H,5-6,9,12-13H2,1-4H3,(H,18,21). The fourth-order valence-electron chi connectivity index (χ4n) is 2.08. The van der Waals surface area contributed by atoms with Gasteiger partial charge < -0.3 is 10.2 Å². The van der Waals surface area contributed by atoms with Crippen molar-refractivity contribution in [2.75, 3.05) is 39.0 Å². The molecule has 0 aromatic heterocycles. The molecule has 0 unspecified atom stereocenters. The molecule has 0 aliphatic rings. The molecule has 0 aliphatic carbocycles. The molecular formula is C17H27N3O2. The predicted octanol–water partition coefficient (Wildman–Crippen LogP) is 1.99. The summed E-state index contributed by atoms with van der Waals surface area (Å²) < 4.78 is 0. The van der Waals surface area contributed by atoms with Crippen LogP contribution >= 0.6 is 0 Å². The highest BCUT2D eigenvalue weighted by Crippen LogP contribution is 2.11. The lowest BCUT2D eigenvalue weighted by atomic mass is 10.1. The Morgan fingerprint density at radius 3 is 2.14 bits per heavy atom. The highest BCUT2D eigenvalue weighted by Gasteiger charge is 2.08. The molecule has 0 atom stereocenters. The largest absolute Gasteiger partial charge is 0.349 e. The van der Waals surface area contributed by atoms with Crippen LogP contribution in [0.2, 0.25) is 0 Å². The summed E-state index contributed by atoms with van der Waals surface area (Å²) in [4.78, 5) is 27.1. The molecular weight excluding hydrogens is 278 g/mol. The van der Waals surface area contributed by atoms with Crippen LogP contribution in [0, 0.1) is 0 Å². The first kappa shape index (κ1) is 18.2. The second kappa shape index (κ2) is 9.20. The van der Waals surface area contributed by atoms with E-state index in [1.165, 1.54) is 0 Å². The average Bonchev–Trinajstić information content (AvgIpc) is 2.51. The Kier molecular flexibility index (Phi) is 7.60. The van der Waals surface area contributed by atoms with E-state index in [1.54, 1.807) is 19.0 Å². The van der Waals surface area contributed by atoms with Crippen molar-refractivity contribution in [1.82, 2.24) is 9.80 Å². The van der Waals surface area contributed by atoms with Gasteiger partial charge in [-0.2, -0.15) is 0 Å². The van der Waals surface area contributed by atoms with Gasteiger partial charge in [-0.15, -0.1) is 0 Å². The number of carbonyl (C=O) groups is 2. The molecule has 1 N–H and O–H groups in total. The molecule has 1 aromatic rings. The number of hydrogen-bond donors (Lipinski definition) is 1. The summed E-state index contributed by atoms with van der Waals surface area (Å²) in [5.41, 5.74) is 1.89. The third-order valence-electron chi connectivity index (χ3n) is 3.63. The van der Waals surface area contributed by atoms with Gasteiger partial charge in [0.05, 0.1) is 6.54 Å². The number of amides is 2. The van der Waals surface area contributed by atoms with Gasteiger partial charge in [-0.3, -0.25) is 14.5 Å². The molecule has 0 saturated heterocycles. The number of rotatable bonds is 8. The Labute approximate surface area is 133 Å². The van der Waals surface area contributed by atoms with Gasteiger partial charge in [0.2, 0.25) is 11.8 Å². The lowest BCUT2D eigenvalue weighted by Crippen LogP contribution is -2.32. The van der Waals surface area contributed by atoms with Gasteiger partial charge in [0.1, 0.15) is 0 Å². The number of nitrogens with one attached hydrogen (secondary N) is 1. The minimum absolute atomic E-state index is 0.000708. The van der Waals surface area contributed by atoms with Gasteiger partial charge in [0.15, 0.2) is 0 Å². The first-order valence-electron chi connectivity index (χ1n) is 7.77. The quantitative estimate of drug-likeness (QED) is 0.799. The van der Waals surface area contributed by atoms with Crippen molar-refractivity contribution in [3.63, 3.8) is 0 Å². The van der Waals surface area contributed by atoms with E-state index in [0.717, 1.165) is 24.3 Å². The smallest absolute Gasteiger partial charge is 0.238 e. The molecule has 0 bridgehead atoms. The molecule has 5 nitrogen and oxygen atoms in total. The lowest BCUT2D eigenvalue weighted by Gasteiger charge is -2.17. The van der Waals surface area contributed by atoms with E-state index in [2.05, 4.69) is 10.2 Å². The molecule has 0 aliphatic heterocycles. The Morgan fingerprint density at radius 2 is 1.64 bits per heavy atom. The first-order valence-corrected chi connectivity index (χ1v) is 7.77. The van der Waals surface area contributed by atoms with E-state index in [0.29, 0.717) is 19.4 Å². The van der Waals surface area contributed by atoms with Crippen LogP contribution in [0.4, 0.5) is 5.69 Å². The van der Waals surface area contributed by atoms with E-state index in [4.69, 9.17) is 0 Å². The molecule has 0 saturated carbocycles. The van der Waals surface area contributed by atoms with Crippen LogP contribution in [-0.4, -0.2) is 55.3 Å². The molecule has 5 heteroatoms. The Hall–Kier alpha value is -1.88. The fraction of sp³-hybridized carbons (Fsp3) is 0.529. The number of aryl methyl sites for hydroxylation is 1. The third kappa shape index (κ3) is 6.26. The molecule has 122 valence electrons. The van der Waals surface area contributed by atoms with Gasteiger partial charge in [0, 0.05) is 26.2 Å². The zero-order chi connectivity index (χ0) is 16.5. The van der Waals surface area contributed by atoms with Crippen LogP contribution in [0.5, 0.6) is 0 Å². The molecule has 0 radical (unpaired) electrons. The van der Waals surface area contributed by atoms with Crippen molar-refractivity contribution in [3.8, 4) is 0 Å². The number of carbonyl (C=O) groups excluding carboxylic acids is 2. The first-order chi connectivity index (χ1) is 10.5. The second-order valence-corrected chi connectivity index (χ2v) is 5.49. The Morgan fingerprint density at radius 1 is 1.05 bits per heavy atom. The maximum Gasteiger partial charge on any atom is 0.238 e. The fourth-order valence-corrected chi connectivity index (χ4v) is 2.08. The molecule has 2 amide bonds. The molecule has 1 rings (SSSR count). The summed E-state index contributed by atoms with van der Waals surface area (Å²) >= 11 is 0. The monoisotopic (exact) mass is 305 g/mol. The third-order valence-corrected chi connectivity index (χ3v) is 3.63. The summed E-state index contributed by atoms with van der Waals surface area (Å²) in [5, 5.41) is 2.90. The molecule has 0 heterocycles. The van der Waals surface area contributed by atoms with Crippen LogP contribution in [0.15, 0.2) is 24.3 Å². The summed E-state index contributed by atoms with van der Waals surface area (Å²) in [6, 6.07) is 7.68. The van der Waals surface area contributed by atoms with E-state index in [-0.39, 0.29) is 11.8 Å².